The van der Waals surface area contributed by atoms with Crippen molar-refractivity contribution in [1.29, 1.82) is 0 Å². The maximum Gasteiger partial charge on any atom is 0.272 e. The molecule has 2 aromatic heterocycles. The number of hydrogen-bond acceptors (Lipinski definition) is 4. The molecule has 4 rings (SSSR count). The van der Waals surface area contributed by atoms with Crippen LogP contribution in [0.4, 0.5) is 5.69 Å². The van der Waals surface area contributed by atoms with Gasteiger partial charge in [-0.3, -0.25) is 14.7 Å². The molecule has 1 aliphatic heterocycles. The molecule has 0 bridgehead atoms. The molecule has 0 atom stereocenters. The van der Waals surface area contributed by atoms with Crippen molar-refractivity contribution in [2.75, 3.05) is 11.4 Å². The lowest BCUT2D eigenvalue weighted by Crippen LogP contribution is -2.35. The molecule has 0 radical (unpaired) electrons. The van der Waals surface area contributed by atoms with Crippen LogP contribution in [0.5, 0.6) is 0 Å². The summed E-state index contributed by atoms with van der Waals surface area (Å²) in [4.78, 5) is 27.4. The number of H-pyrrole nitrogens is 1. The molecule has 0 saturated carbocycles. The van der Waals surface area contributed by atoms with Gasteiger partial charge in [-0.2, -0.15) is 5.10 Å². The second-order valence-electron chi connectivity index (χ2n) is 6.50. The number of piperidine rings is 1. The zero-order chi connectivity index (χ0) is 18.6. The minimum Gasteiger partial charge on any atom is -0.347 e. The second kappa shape index (κ2) is 7.75. The first-order valence-corrected chi connectivity index (χ1v) is 9.85. The summed E-state index contributed by atoms with van der Waals surface area (Å²) in [6.07, 6.45) is 2.59. The zero-order valence-corrected chi connectivity index (χ0v) is 15.6. The number of rotatable bonds is 5. The van der Waals surface area contributed by atoms with E-state index < -0.39 is 0 Å². The van der Waals surface area contributed by atoms with E-state index in [0.717, 1.165) is 41.2 Å². The van der Waals surface area contributed by atoms with Crippen LogP contribution >= 0.6 is 11.3 Å². The average Bonchev–Trinajstić information content (AvgIpc) is 3.38. The third kappa shape index (κ3) is 3.93. The topological polar surface area (TPSA) is 78.1 Å². The SMILES string of the molecule is O=C(NCc1cccc(N2CCCCC2=O)c1)c1cc(-c2cccs2)[nH]n1. The zero-order valence-electron chi connectivity index (χ0n) is 14.8. The Morgan fingerprint density at radius 1 is 1.22 bits per heavy atom. The molecule has 6 nitrogen and oxygen atoms in total. The fraction of sp³-hybridized carbons (Fsp3) is 0.250. The number of benzene rings is 1. The number of carbonyl (C=O) groups excluding carboxylic acids is 2. The number of aromatic amines is 1. The lowest BCUT2D eigenvalue weighted by atomic mass is 10.1. The third-order valence-corrected chi connectivity index (χ3v) is 5.50. The van der Waals surface area contributed by atoms with Gasteiger partial charge in [0, 0.05) is 25.2 Å². The van der Waals surface area contributed by atoms with Crippen molar-refractivity contribution >= 4 is 28.8 Å². The molecule has 1 aliphatic rings. The number of amides is 2. The number of thiophene rings is 1. The van der Waals surface area contributed by atoms with Crippen LogP contribution in [0.3, 0.4) is 0 Å². The van der Waals surface area contributed by atoms with E-state index in [-0.39, 0.29) is 11.8 Å². The van der Waals surface area contributed by atoms with E-state index in [1.807, 2.05) is 46.7 Å². The van der Waals surface area contributed by atoms with Gasteiger partial charge in [0.15, 0.2) is 5.69 Å². The summed E-state index contributed by atoms with van der Waals surface area (Å²) in [5.41, 5.74) is 3.04. The summed E-state index contributed by atoms with van der Waals surface area (Å²) >= 11 is 1.59. The van der Waals surface area contributed by atoms with Crippen molar-refractivity contribution in [2.24, 2.45) is 0 Å². The van der Waals surface area contributed by atoms with Crippen LogP contribution < -0.4 is 10.2 Å². The molecule has 3 heterocycles. The molecule has 1 saturated heterocycles. The van der Waals surface area contributed by atoms with Crippen molar-refractivity contribution in [3.63, 3.8) is 0 Å². The van der Waals surface area contributed by atoms with Crippen LogP contribution in [0.2, 0.25) is 0 Å². The fourth-order valence-corrected chi connectivity index (χ4v) is 3.87. The summed E-state index contributed by atoms with van der Waals surface area (Å²) in [5.74, 6) is -0.0615. The van der Waals surface area contributed by atoms with Crippen LogP contribution in [0.25, 0.3) is 10.6 Å². The lowest BCUT2D eigenvalue weighted by molar-refractivity contribution is -0.119. The number of aromatic nitrogens is 2. The van der Waals surface area contributed by atoms with E-state index in [4.69, 9.17) is 0 Å². The minimum atomic E-state index is -0.228. The number of nitrogens with one attached hydrogen (secondary N) is 2. The van der Waals surface area contributed by atoms with Gasteiger partial charge in [0.05, 0.1) is 10.6 Å². The largest absolute Gasteiger partial charge is 0.347 e. The van der Waals surface area contributed by atoms with E-state index in [9.17, 15) is 9.59 Å². The monoisotopic (exact) mass is 380 g/mol. The van der Waals surface area contributed by atoms with E-state index in [0.29, 0.717) is 18.7 Å². The number of carbonyl (C=O) groups is 2. The molecule has 7 heteroatoms. The third-order valence-electron chi connectivity index (χ3n) is 4.60. The lowest BCUT2D eigenvalue weighted by Gasteiger charge is -2.27. The molecule has 0 aliphatic carbocycles. The van der Waals surface area contributed by atoms with E-state index in [1.165, 1.54) is 0 Å². The van der Waals surface area contributed by atoms with Gasteiger partial charge < -0.3 is 10.2 Å². The van der Waals surface area contributed by atoms with Crippen LogP contribution in [0.15, 0.2) is 47.8 Å². The van der Waals surface area contributed by atoms with Crippen LogP contribution in [-0.2, 0) is 11.3 Å². The number of nitrogens with zero attached hydrogens (tertiary/aromatic N) is 2. The number of anilines is 1. The van der Waals surface area contributed by atoms with Gasteiger partial charge in [-0.15, -0.1) is 11.3 Å². The van der Waals surface area contributed by atoms with E-state index in [1.54, 1.807) is 17.4 Å². The van der Waals surface area contributed by atoms with Gasteiger partial charge in [-0.1, -0.05) is 18.2 Å². The first kappa shape index (κ1) is 17.5. The van der Waals surface area contributed by atoms with Gasteiger partial charge in [0.1, 0.15) is 0 Å². The van der Waals surface area contributed by atoms with Gasteiger partial charge in [0.2, 0.25) is 5.91 Å². The van der Waals surface area contributed by atoms with Crippen molar-refractivity contribution in [3.8, 4) is 10.6 Å². The molecule has 0 spiro atoms. The average molecular weight is 380 g/mol. The molecule has 2 amide bonds. The van der Waals surface area contributed by atoms with E-state index in [2.05, 4.69) is 15.5 Å². The van der Waals surface area contributed by atoms with Crippen molar-refractivity contribution in [2.45, 2.75) is 25.8 Å². The Labute approximate surface area is 161 Å². The van der Waals surface area contributed by atoms with Crippen molar-refractivity contribution in [3.05, 3.63) is 59.1 Å². The van der Waals surface area contributed by atoms with Crippen LogP contribution in [0.1, 0.15) is 35.3 Å². The Kier molecular flexibility index (Phi) is 5.02. The maximum absolute atomic E-state index is 12.4. The molecule has 0 unspecified atom stereocenters. The molecule has 1 aromatic carbocycles. The second-order valence-corrected chi connectivity index (χ2v) is 7.45. The van der Waals surface area contributed by atoms with Crippen molar-refractivity contribution < 1.29 is 9.59 Å². The molecule has 3 aromatic rings. The molecule has 1 fully saturated rings. The van der Waals surface area contributed by atoms with E-state index >= 15 is 0 Å². The summed E-state index contributed by atoms with van der Waals surface area (Å²) in [7, 11) is 0. The predicted octanol–water partition coefficient (Wildman–Crippen LogP) is 3.59. The van der Waals surface area contributed by atoms with Gasteiger partial charge in [-0.25, -0.2) is 0 Å². The Hall–Kier alpha value is -2.93. The first-order valence-electron chi connectivity index (χ1n) is 8.97. The quantitative estimate of drug-likeness (QED) is 0.710. The highest BCUT2D eigenvalue weighted by Gasteiger charge is 2.19. The minimum absolute atomic E-state index is 0.167. The molecular formula is C20H20N4O2S. The predicted molar refractivity (Wildman–Crippen MR) is 106 cm³/mol. The smallest absolute Gasteiger partial charge is 0.272 e. The Morgan fingerprint density at radius 3 is 2.96 bits per heavy atom. The summed E-state index contributed by atoms with van der Waals surface area (Å²) < 4.78 is 0. The van der Waals surface area contributed by atoms with Crippen LogP contribution in [-0.4, -0.2) is 28.6 Å². The summed E-state index contributed by atoms with van der Waals surface area (Å²) in [5, 5.41) is 11.9. The molecule has 138 valence electrons. The van der Waals surface area contributed by atoms with Gasteiger partial charge >= 0.3 is 0 Å². The first-order chi connectivity index (χ1) is 13.2. The summed E-state index contributed by atoms with van der Waals surface area (Å²) in [6.45, 7) is 1.14. The normalized spacial score (nSPS) is 14.4. The highest BCUT2D eigenvalue weighted by Crippen LogP contribution is 2.23. The van der Waals surface area contributed by atoms with Crippen LogP contribution in [0, 0.1) is 0 Å². The van der Waals surface area contributed by atoms with Gasteiger partial charge in [0.25, 0.3) is 5.91 Å². The molecule has 27 heavy (non-hydrogen) atoms. The van der Waals surface area contributed by atoms with Gasteiger partial charge in [-0.05, 0) is 48.1 Å². The highest BCUT2D eigenvalue weighted by atomic mass is 32.1. The van der Waals surface area contributed by atoms with Crippen molar-refractivity contribution in [1.82, 2.24) is 15.5 Å². The number of hydrogen-bond donors (Lipinski definition) is 2. The molecular weight excluding hydrogens is 360 g/mol. The Balaban J connectivity index is 1.40. The maximum atomic E-state index is 12.4. The Morgan fingerprint density at radius 2 is 2.15 bits per heavy atom. The standard InChI is InChI=1S/C20H20N4O2S/c25-19-8-1-2-9-24(19)15-6-3-5-14(11-15)13-21-20(26)17-12-16(22-23-17)18-7-4-10-27-18/h3-7,10-12H,1-2,8-9,13H2,(H,21,26)(H,22,23). The fourth-order valence-electron chi connectivity index (χ4n) is 3.18. The Bertz CT molecular complexity index is 949. The highest BCUT2D eigenvalue weighted by molar-refractivity contribution is 7.13. The summed E-state index contributed by atoms with van der Waals surface area (Å²) in [6, 6.07) is 13.5. The molecule has 2 N–H and O–H groups in total.